The molecule has 2 heteroatoms. The Balaban J connectivity index is 2.88. The molecule has 78 valence electrons. The molecule has 0 spiro atoms. The van der Waals surface area contributed by atoms with Crippen molar-refractivity contribution in [2.45, 2.75) is 44.4 Å². The van der Waals surface area contributed by atoms with Crippen LogP contribution in [0, 0.1) is 0 Å². The lowest BCUT2D eigenvalue weighted by atomic mass is 10.0. The summed E-state index contributed by atoms with van der Waals surface area (Å²) in [7, 11) is 0. The Labute approximate surface area is 90.2 Å². The molecule has 14 heavy (non-hydrogen) atoms. The normalized spacial score (nSPS) is 10.5. The number of rotatable bonds is 5. The van der Waals surface area contributed by atoms with Crippen LogP contribution in [0.1, 0.15) is 37.8 Å². The fourth-order valence-corrected chi connectivity index (χ4v) is 2.03. The lowest BCUT2D eigenvalue weighted by molar-refractivity contribution is 0.883. The fraction of sp³-hybridized carbons (Fsp3) is 0.500. The van der Waals surface area contributed by atoms with Crippen LogP contribution in [0.15, 0.2) is 23.1 Å². The lowest BCUT2D eigenvalue weighted by Crippen LogP contribution is -1.89. The van der Waals surface area contributed by atoms with Crippen LogP contribution in [-0.4, -0.2) is 0 Å². The maximum absolute atomic E-state index is 12.5. The largest absolute Gasteiger partial charge is 0.160 e. The first kappa shape index (κ1) is 11.6. The molecule has 1 aromatic rings. The predicted molar refractivity (Wildman–Crippen MR) is 61.4 cm³/mol. The third kappa shape index (κ3) is 3.33. The van der Waals surface area contributed by atoms with Crippen LogP contribution in [0.2, 0.25) is 0 Å². The van der Waals surface area contributed by atoms with Crippen molar-refractivity contribution in [1.82, 2.24) is 0 Å². The zero-order chi connectivity index (χ0) is 10.4. The smallest absolute Gasteiger partial charge is 0.0812 e. The Morgan fingerprint density at radius 1 is 1.00 bits per heavy atom. The molecule has 0 fully saturated rings. The second-order valence-corrected chi connectivity index (χ2v) is 4.19. The molecule has 0 saturated carbocycles. The highest BCUT2D eigenvalue weighted by molar-refractivity contribution is 7.94. The third-order valence-corrected chi connectivity index (χ3v) is 2.61. The molecule has 1 rings (SSSR count). The average molecular weight is 212 g/mol. The molecule has 0 unspecified atom stereocenters. The van der Waals surface area contributed by atoms with E-state index >= 15 is 0 Å². The number of benzene rings is 1. The average Bonchev–Trinajstić information content (AvgIpc) is 2.18. The summed E-state index contributed by atoms with van der Waals surface area (Å²) in [6.07, 6.45) is 4.33. The standard InChI is InChI=1S/C12H17FS/c1-3-5-10-7-11(6-4-2)9-12(8-10)14-13/h7-9H,3-6H2,1-2H3. The third-order valence-electron chi connectivity index (χ3n) is 2.19. The summed E-state index contributed by atoms with van der Waals surface area (Å²) >= 11 is 0.349. The molecule has 0 aliphatic rings. The van der Waals surface area contributed by atoms with E-state index in [9.17, 15) is 3.89 Å². The molecule has 0 heterocycles. The van der Waals surface area contributed by atoms with Gasteiger partial charge in [0.05, 0.1) is 12.1 Å². The molecule has 0 aliphatic heterocycles. The summed E-state index contributed by atoms with van der Waals surface area (Å²) in [6.45, 7) is 4.30. The van der Waals surface area contributed by atoms with Gasteiger partial charge in [0.25, 0.3) is 0 Å². The summed E-state index contributed by atoms with van der Waals surface area (Å²) < 4.78 is 12.5. The van der Waals surface area contributed by atoms with E-state index in [0.717, 1.165) is 30.6 Å². The molecule has 0 atom stereocenters. The van der Waals surface area contributed by atoms with Gasteiger partial charge in [-0.05, 0) is 36.1 Å². The molecular formula is C12H17FS. The van der Waals surface area contributed by atoms with Gasteiger partial charge in [-0.15, -0.1) is 0 Å². The Bertz CT molecular complexity index is 259. The van der Waals surface area contributed by atoms with Gasteiger partial charge in [0, 0.05) is 4.90 Å². The van der Waals surface area contributed by atoms with Crippen LogP contribution in [0.5, 0.6) is 0 Å². The molecule has 0 N–H and O–H groups in total. The topological polar surface area (TPSA) is 0 Å². The minimum Gasteiger partial charge on any atom is -0.160 e. The van der Waals surface area contributed by atoms with E-state index in [1.165, 1.54) is 11.1 Å². The van der Waals surface area contributed by atoms with Gasteiger partial charge in [-0.1, -0.05) is 32.8 Å². The number of hydrogen-bond acceptors (Lipinski definition) is 1. The van der Waals surface area contributed by atoms with Gasteiger partial charge < -0.3 is 0 Å². The number of aryl methyl sites for hydroxylation is 2. The predicted octanol–water partition coefficient (Wildman–Crippen LogP) is 4.57. The Morgan fingerprint density at radius 2 is 1.50 bits per heavy atom. The molecule has 0 amide bonds. The van der Waals surface area contributed by atoms with Crippen molar-refractivity contribution in [2.75, 3.05) is 0 Å². The first-order valence-corrected chi connectivity index (χ1v) is 5.93. The number of halogens is 1. The summed E-state index contributed by atoms with van der Waals surface area (Å²) in [6, 6.07) is 6.10. The maximum Gasteiger partial charge on any atom is 0.0812 e. The lowest BCUT2D eigenvalue weighted by Gasteiger charge is -2.05. The van der Waals surface area contributed by atoms with E-state index in [0.29, 0.717) is 12.1 Å². The van der Waals surface area contributed by atoms with Gasteiger partial charge in [-0.25, -0.2) is 0 Å². The zero-order valence-corrected chi connectivity index (χ0v) is 9.66. The Morgan fingerprint density at radius 3 is 1.86 bits per heavy atom. The van der Waals surface area contributed by atoms with Crippen LogP contribution in [-0.2, 0) is 12.8 Å². The minimum atomic E-state index is 0.349. The van der Waals surface area contributed by atoms with Crippen molar-refractivity contribution in [2.24, 2.45) is 0 Å². The van der Waals surface area contributed by atoms with Crippen LogP contribution in [0.3, 0.4) is 0 Å². The first-order valence-electron chi connectivity index (χ1n) is 5.21. The van der Waals surface area contributed by atoms with Gasteiger partial charge in [-0.3, -0.25) is 0 Å². The summed E-state index contributed by atoms with van der Waals surface area (Å²) in [5, 5.41) is 0. The summed E-state index contributed by atoms with van der Waals surface area (Å²) in [5.41, 5.74) is 2.53. The zero-order valence-electron chi connectivity index (χ0n) is 8.85. The van der Waals surface area contributed by atoms with Crippen LogP contribution in [0.4, 0.5) is 3.89 Å². The maximum atomic E-state index is 12.5. The quantitative estimate of drug-likeness (QED) is 0.689. The highest BCUT2D eigenvalue weighted by Crippen LogP contribution is 2.23. The van der Waals surface area contributed by atoms with Crippen molar-refractivity contribution >= 4 is 12.1 Å². The van der Waals surface area contributed by atoms with Crippen molar-refractivity contribution in [1.29, 1.82) is 0 Å². The summed E-state index contributed by atoms with van der Waals surface area (Å²) in [5.74, 6) is 0. The van der Waals surface area contributed by atoms with E-state index < -0.39 is 0 Å². The van der Waals surface area contributed by atoms with E-state index in [1.807, 2.05) is 12.1 Å². The van der Waals surface area contributed by atoms with Gasteiger partial charge in [0.2, 0.25) is 0 Å². The fourth-order valence-electron chi connectivity index (χ4n) is 1.64. The Hall–Kier alpha value is -0.500. The molecular weight excluding hydrogens is 195 g/mol. The van der Waals surface area contributed by atoms with Gasteiger partial charge in [0.15, 0.2) is 0 Å². The first-order chi connectivity index (χ1) is 6.80. The van der Waals surface area contributed by atoms with Gasteiger partial charge >= 0.3 is 0 Å². The molecule has 0 aliphatic carbocycles. The van der Waals surface area contributed by atoms with Crippen molar-refractivity contribution in [3.8, 4) is 0 Å². The van der Waals surface area contributed by atoms with E-state index in [2.05, 4.69) is 19.9 Å². The van der Waals surface area contributed by atoms with E-state index in [-0.39, 0.29) is 0 Å². The highest BCUT2D eigenvalue weighted by Gasteiger charge is 2.01. The molecule has 1 aromatic carbocycles. The molecule has 0 aromatic heterocycles. The minimum absolute atomic E-state index is 0.349. The molecule has 0 nitrogen and oxygen atoms in total. The van der Waals surface area contributed by atoms with E-state index in [1.54, 1.807) is 0 Å². The molecule has 0 saturated heterocycles. The SMILES string of the molecule is CCCc1cc(CCC)cc(SF)c1. The Kier molecular flexibility index (Phi) is 5.02. The second kappa shape index (κ2) is 6.07. The van der Waals surface area contributed by atoms with Crippen molar-refractivity contribution < 1.29 is 3.89 Å². The van der Waals surface area contributed by atoms with E-state index in [4.69, 9.17) is 0 Å². The summed E-state index contributed by atoms with van der Waals surface area (Å²) in [4.78, 5) is 0.749. The van der Waals surface area contributed by atoms with Crippen LogP contribution >= 0.6 is 12.1 Å². The monoisotopic (exact) mass is 212 g/mol. The number of hydrogen-bond donors (Lipinski definition) is 0. The van der Waals surface area contributed by atoms with Crippen molar-refractivity contribution in [3.63, 3.8) is 0 Å². The second-order valence-electron chi connectivity index (χ2n) is 3.56. The van der Waals surface area contributed by atoms with Crippen LogP contribution in [0.25, 0.3) is 0 Å². The molecule has 0 bridgehead atoms. The van der Waals surface area contributed by atoms with Crippen LogP contribution < -0.4 is 0 Å². The van der Waals surface area contributed by atoms with Crippen molar-refractivity contribution in [3.05, 3.63) is 29.3 Å². The highest BCUT2D eigenvalue weighted by atomic mass is 32.2. The van der Waals surface area contributed by atoms with Gasteiger partial charge in [0.1, 0.15) is 0 Å². The van der Waals surface area contributed by atoms with Gasteiger partial charge in [-0.2, -0.15) is 3.89 Å². The molecule has 0 radical (unpaired) electrons.